The van der Waals surface area contributed by atoms with Crippen LogP contribution in [-0.2, 0) is 23.9 Å². The molecule has 0 unspecified atom stereocenters. The van der Waals surface area contributed by atoms with Crippen molar-refractivity contribution in [3.05, 3.63) is 13.2 Å². The van der Waals surface area contributed by atoms with Crippen LogP contribution in [0.25, 0.3) is 0 Å². The molecule has 0 aromatic carbocycles. The molecule has 256 valence electrons. The molecule has 0 bridgehead atoms. The Kier molecular flexibility index (Phi) is 17.4. The van der Waals surface area contributed by atoms with Crippen molar-refractivity contribution >= 4 is 17.7 Å². The summed E-state index contributed by atoms with van der Waals surface area (Å²) in [4.78, 5) is 42.3. The molecule has 0 radical (unpaired) electrons. The molecular weight excluding hydrogens is 556 g/mol. The highest BCUT2D eigenvalue weighted by molar-refractivity contribution is 6.03. The maximum Gasteiger partial charge on any atom is 0.319 e. The lowest BCUT2D eigenvalue weighted by molar-refractivity contribution is -0.161. The van der Waals surface area contributed by atoms with Gasteiger partial charge in [-0.3, -0.25) is 19.3 Å². The summed E-state index contributed by atoms with van der Waals surface area (Å²) >= 11 is 0. The summed E-state index contributed by atoms with van der Waals surface area (Å²) in [6.45, 7) is 26.8. The number of hydrogen-bond acceptors (Lipinski definition) is 7. The summed E-state index contributed by atoms with van der Waals surface area (Å²) in [5.41, 5.74) is -1.13. The number of ketones is 1. The van der Waals surface area contributed by atoms with Crippen LogP contribution < -0.4 is 0 Å². The standard InChI is InChI=1S/C25H44N2O4.C9H18O2.C2H4/c1-8-22(28)27-11-9-20(10-12-27)21-16-31-24(30)25(5,6)23(29)19(4)14-17(2)13-18(3)15-26(21)7;1-6-4-7(2)9(10)11-8(3)5-6;1-2/h17-21H,8-16H2,1-7H3;6-10H,4-5H2,1-3H3;1-2H2/t17-,18-,19-,21+;6-,7-,8-,9-;/m11./s1. The lowest BCUT2D eigenvalue weighted by atomic mass is 9.78. The van der Waals surface area contributed by atoms with Crippen LogP contribution in [0, 0.1) is 40.9 Å². The molecule has 8 heteroatoms. The molecule has 1 amide bonds. The van der Waals surface area contributed by atoms with Gasteiger partial charge >= 0.3 is 5.97 Å². The molecule has 3 aliphatic heterocycles. The summed E-state index contributed by atoms with van der Waals surface area (Å²) in [6, 6.07) is 0.102. The zero-order valence-electron chi connectivity index (χ0n) is 29.8. The number of aliphatic hydroxyl groups excluding tert-OH is 1. The first-order valence-electron chi connectivity index (χ1n) is 17.1. The Morgan fingerprint density at radius 1 is 0.932 bits per heavy atom. The predicted octanol–water partition coefficient (Wildman–Crippen LogP) is 6.35. The van der Waals surface area contributed by atoms with E-state index >= 15 is 0 Å². The Bertz CT molecular complexity index is 872. The SMILES string of the molecule is C=C.CCC(=O)N1CCC([C@@H]2COC(=O)C(C)(C)C(=O)[C@H](C)C[C@H](C)C[C@@H](C)CN2C)CC1.C[C@H]1C[C@@H](C)O[C@@H](O)[C@H](C)C1. The minimum atomic E-state index is -1.13. The number of likely N-dealkylation sites (tertiary alicyclic amines) is 1. The third-order valence-electron chi connectivity index (χ3n) is 9.79. The van der Waals surface area contributed by atoms with Crippen molar-refractivity contribution in [3.8, 4) is 0 Å². The van der Waals surface area contributed by atoms with Crippen LogP contribution in [0.3, 0.4) is 0 Å². The molecule has 3 saturated heterocycles. The molecule has 3 rings (SSSR count). The molecule has 0 spiro atoms. The second-order valence-electron chi connectivity index (χ2n) is 14.6. The van der Waals surface area contributed by atoms with Crippen LogP contribution in [0.4, 0.5) is 0 Å². The number of Topliss-reactive ketones (excluding diaryl/α,β-unsaturated/α-hetero) is 1. The van der Waals surface area contributed by atoms with Gasteiger partial charge in [0.1, 0.15) is 12.0 Å². The van der Waals surface area contributed by atoms with E-state index in [-0.39, 0.29) is 35.7 Å². The summed E-state index contributed by atoms with van der Waals surface area (Å²) in [6.07, 6.45) is 6.06. The van der Waals surface area contributed by atoms with Crippen molar-refractivity contribution in [1.29, 1.82) is 0 Å². The fourth-order valence-electron chi connectivity index (χ4n) is 7.48. The number of cyclic esters (lactones) is 1. The number of carbonyl (C=O) groups is 3. The molecule has 8 atom stereocenters. The van der Waals surface area contributed by atoms with Crippen LogP contribution in [0.15, 0.2) is 13.2 Å². The van der Waals surface area contributed by atoms with Gasteiger partial charge in [0, 0.05) is 43.9 Å². The number of ether oxygens (including phenoxy) is 2. The smallest absolute Gasteiger partial charge is 0.319 e. The van der Waals surface area contributed by atoms with Crippen LogP contribution in [-0.4, -0.2) is 84.3 Å². The maximum absolute atomic E-state index is 13.0. The van der Waals surface area contributed by atoms with E-state index in [9.17, 15) is 19.5 Å². The van der Waals surface area contributed by atoms with Gasteiger partial charge in [0.25, 0.3) is 0 Å². The molecule has 3 aliphatic rings. The molecule has 1 N–H and O–H groups in total. The third kappa shape index (κ3) is 12.2. The first kappa shape index (κ1) is 40.3. The number of rotatable bonds is 2. The zero-order chi connectivity index (χ0) is 33.8. The molecular formula is C36H66N2O6. The van der Waals surface area contributed by atoms with E-state index in [0.717, 1.165) is 58.2 Å². The largest absolute Gasteiger partial charge is 0.463 e. The van der Waals surface area contributed by atoms with Crippen LogP contribution in [0.5, 0.6) is 0 Å². The first-order chi connectivity index (χ1) is 20.6. The minimum Gasteiger partial charge on any atom is -0.463 e. The van der Waals surface area contributed by atoms with Gasteiger partial charge in [-0.05, 0) is 90.0 Å². The van der Waals surface area contributed by atoms with Crippen molar-refractivity contribution in [2.24, 2.45) is 40.9 Å². The first-order valence-corrected chi connectivity index (χ1v) is 17.1. The maximum atomic E-state index is 13.0. The molecule has 0 aliphatic carbocycles. The summed E-state index contributed by atoms with van der Waals surface area (Å²) in [5.74, 6) is 1.88. The Balaban J connectivity index is 0.000000620. The number of piperidine rings is 1. The predicted molar refractivity (Wildman–Crippen MR) is 178 cm³/mol. The van der Waals surface area contributed by atoms with Gasteiger partial charge < -0.3 is 19.5 Å². The second-order valence-corrected chi connectivity index (χ2v) is 14.6. The summed E-state index contributed by atoms with van der Waals surface area (Å²) in [7, 11) is 2.13. The Labute approximate surface area is 269 Å². The van der Waals surface area contributed by atoms with Gasteiger partial charge in [0.2, 0.25) is 5.91 Å². The van der Waals surface area contributed by atoms with Gasteiger partial charge in [-0.25, -0.2) is 0 Å². The lowest BCUT2D eigenvalue weighted by Gasteiger charge is -2.40. The monoisotopic (exact) mass is 622 g/mol. The van der Waals surface area contributed by atoms with Gasteiger partial charge in [0.15, 0.2) is 12.1 Å². The van der Waals surface area contributed by atoms with Gasteiger partial charge in [-0.2, -0.15) is 0 Å². The average Bonchev–Trinajstić information content (AvgIpc) is 3.07. The molecule has 3 heterocycles. The highest BCUT2D eigenvalue weighted by atomic mass is 16.6. The number of hydrogen-bond donors (Lipinski definition) is 1. The number of nitrogens with zero attached hydrogens (tertiary/aromatic N) is 2. The van der Waals surface area contributed by atoms with E-state index in [2.05, 4.69) is 45.9 Å². The Morgan fingerprint density at radius 2 is 1.50 bits per heavy atom. The fraction of sp³-hybridized carbons (Fsp3) is 0.861. The van der Waals surface area contributed by atoms with E-state index in [0.29, 0.717) is 36.7 Å². The molecule has 0 aromatic heterocycles. The number of esters is 1. The van der Waals surface area contributed by atoms with Crippen molar-refractivity contribution in [1.82, 2.24) is 9.80 Å². The highest BCUT2D eigenvalue weighted by Gasteiger charge is 2.42. The van der Waals surface area contributed by atoms with E-state index in [1.807, 2.05) is 32.6 Å². The second kappa shape index (κ2) is 19.0. The number of carbonyl (C=O) groups excluding carboxylic acids is 3. The quantitative estimate of drug-likeness (QED) is 0.218. The van der Waals surface area contributed by atoms with Crippen LogP contribution in [0.2, 0.25) is 0 Å². The van der Waals surface area contributed by atoms with E-state index in [4.69, 9.17) is 9.47 Å². The normalized spacial score (nSPS) is 34.8. The van der Waals surface area contributed by atoms with Crippen LogP contribution in [0.1, 0.15) is 107 Å². The Hall–Kier alpha value is -1.77. The van der Waals surface area contributed by atoms with E-state index in [1.165, 1.54) is 0 Å². The van der Waals surface area contributed by atoms with Crippen molar-refractivity contribution in [2.45, 2.75) is 126 Å². The lowest BCUT2D eigenvalue weighted by Crippen LogP contribution is -2.49. The average molecular weight is 623 g/mol. The van der Waals surface area contributed by atoms with Gasteiger partial charge in [0.05, 0.1) is 6.10 Å². The van der Waals surface area contributed by atoms with Crippen molar-refractivity contribution < 1.29 is 29.0 Å². The molecule has 8 nitrogen and oxygen atoms in total. The number of likely N-dealkylation sites (N-methyl/N-ethyl adjacent to an activating group) is 1. The summed E-state index contributed by atoms with van der Waals surface area (Å²) < 4.78 is 11.2. The molecule has 44 heavy (non-hydrogen) atoms. The Morgan fingerprint density at radius 3 is 2.07 bits per heavy atom. The fourth-order valence-corrected chi connectivity index (χ4v) is 7.48. The van der Waals surface area contributed by atoms with Crippen LogP contribution >= 0.6 is 0 Å². The van der Waals surface area contributed by atoms with Crippen molar-refractivity contribution in [3.63, 3.8) is 0 Å². The summed E-state index contributed by atoms with van der Waals surface area (Å²) in [5, 5.41) is 9.42. The molecule has 3 fully saturated rings. The van der Waals surface area contributed by atoms with Gasteiger partial charge in [-0.1, -0.05) is 41.5 Å². The van der Waals surface area contributed by atoms with Crippen molar-refractivity contribution in [2.75, 3.05) is 33.3 Å². The molecule has 0 aromatic rings. The van der Waals surface area contributed by atoms with E-state index < -0.39 is 17.7 Å². The number of aliphatic hydroxyl groups is 1. The highest BCUT2D eigenvalue weighted by Crippen LogP contribution is 2.32. The number of amides is 1. The molecule has 0 saturated carbocycles. The van der Waals surface area contributed by atoms with Gasteiger partial charge in [-0.15, -0.1) is 13.2 Å². The topological polar surface area (TPSA) is 96.4 Å². The third-order valence-corrected chi connectivity index (χ3v) is 9.79. The van der Waals surface area contributed by atoms with E-state index in [1.54, 1.807) is 13.8 Å². The minimum absolute atomic E-state index is 0.0208. The zero-order valence-corrected chi connectivity index (χ0v) is 29.8.